The number of amides is 2. The highest BCUT2D eigenvalue weighted by Gasteiger charge is 2.29. The number of benzene rings is 3. The quantitative estimate of drug-likeness (QED) is 0.364. The molecule has 0 aromatic heterocycles. The Morgan fingerprint density at radius 1 is 1.02 bits per heavy atom. The molecule has 0 aliphatic carbocycles. The molecular formula is C31H32FN5O4. The van der Waals surface area contributed by atoms with Crippen LogP contribution in [0.5, 0.6) is 0 Å². The van der Waals surface area contributed by atoms with Gasteiger partial charge in [-0.2, -0.15) is 0 Å². The largest absolute Gasteiger partial charge is 0.481 e. The van der Waals surface area contributed by atoms with E-state index in [0.29, 0.717) is 45.9 Å². The predicted molar refractivity (Wildman–Crippen MR) is 157 cm³/mol. The number of aliphatic carboxylic acids is 1. The SMILES string of the molecule is CN1CCN(CC(=O)N(C)c2ccc(N/C(=C3\C(=O)Nc4cc(F)ccc43)c3cccc(CC(=O)O)c3)cc2)CC1. The van der Waals surface area contributed by atoms with Crippen molar-refractivity contribution in [3.05, 3.63) is 89.2 Å². The summed E-state index contributed by atoms with van der Waals surface area (Å²) in [7, 11) is 3.83. The Morgan fingerprint density at radius 3 is 2.46 bits per heavy atom. The summed E-state index contributed by atoms with van der Waals surface area (Å²) in [5, 5.41) is 15.3. The zero-order chi connectivity index (χ0) is 29.1. The van der Waals surface area contributed by atoms with E-state index >= 15 is 0 Å². The first kappa shape index (κ1) is 28.0. The molecule has 0 unspecified atom stereocenters. The Kier molecular flexibility index (Phi) is 8.14. The summed E-state index contributed by atoms with van der Waals surface area (Å²) >= 11 is 0. The number of nitrogens with one attached hydrogen (secondary N) is 2. The van der Waals surface area contributed by atoms with Gasteiger partial charge in [0.15, 0.2) is 0 Å². The molecule has 1 fully saturated rings. The molecule has 0 atom stereocenters. The minimum atomic E-state index is -0.967. The lowest BCUT2D eigenvalue weighted by molar-refractivity contribution is -0.136. The van der Waals surface area contributed by atoms with Gasteiger partial charge in [-0.25, -0.2) is 4.39 Å². The van der Waals surface area contributed by atoms with Crippen molar-refractivity contribution in [1.82, 2.24) is 9.80 Å². The molecule has 5 rings (SSSR count). The molecule has 0 radical (unpaired) electrons. The third-order valence-corrected chi connectivity index (χ3v) is 7.40. The number of fused-ring (bicyclic) bond motifs is 1. The molecule has 0 spiro atoms. The van der Waals surface area contributed by atoms with Crippen molar-refractivity contribution in [2.24, 2.45) is 0 Å². The first-order chi connectivity index (χ1) is 19.7. The van der Waals surface area contributed by atoms with E-state index in [-0.39, 0.29) is 12.3 Å². The van der Waals surface area contributed by atoms with Crippen molar-refractivity contribution >= 4 is 46.1 Å². The molecule has 9 nitrogen and oxygen atoms in total. The number of hydrogen-bond acceptors (Lipinski definition) is 6. The fourth-order valence-electron chi connectivity index (χ4n) is 5.04. The summed E-state index contributed by atoms with van der Waals surface area (Å²) < 4.78 is 13.9. The lowest BCUT2D eigenvalue weighted by Gasteiger charge is -2.32. The van der Waals surface area contributed by atoms with E-state index in [2.05, 4.69) is 27.5 Å². The van der Waals surface area contributed by atoms with Gasteiger partial charge in [-0.3, -0.25) is 19.3 Å². The highest BCUT2D eigenvalue weighted by molar-refractivity contribution is 6.37. The summed E-state index contributed by atoms with van der Waals surface area (Å²) in [5.74, 6) is -1.84. The predicted octanol–water partition coefficient (Wildman–Crippen LogP) is 3.60. The van der Waals surface area contributed by atoms with E-state index in [1.807, 2.05) is 24.3 Å². The fraction of sp³-hybridized carbons (Fsp3) is 0.258. The van der Waals surface area contributed by atoms with Gasteiger partial charge in [0.1, 0.15) is 5.82 Å². The number of carbonyl (C=O) groups excluding carboxylic acids is 2. The lowest BCUT2D eigenvalue weighted by atomic mass is 9.98. The molecule has 0 saturated carbocycles. The van der Waals surface area contributed by atoms with Crippen molar-refractivity contribution in [2.75, 3.05) is 62.4 Å². The van der Waals surface area contributed by atoms with Gasteiger partial charge in [0.05, 0.1) is 29.9 Å². The van der Waals surface area contributed by atoms with E-state index in [1.54, 1.807) is 42.3 Å². The third-order valence-electron chi connectivity index (χ3n) is 7.40. The topological polar surface area (TPSA) is 105 Å². The molecule has 10 heteroatoms. The van der Waals surface area contributed by atoms with Crippen molar-refractivity contribution in [3.63, 3.8) is 0 Å². The van der Waals surface area contributed by atoms with E-state index in [9.17, 15) is 23.9 Å². The second kappa shape index (κ2) is 11.9. The van der Waals surface area contributed by atoms with Gasteiger partial charge in [0, 0.05) is 50.2 Å². The fourth-order valence-corrected chi connectivity index (χ4v) is 5.04. The molecule has 2 aliphatic heterocycles. The van der Waals surface area contributed by atoms with Crippen LogP contribution in [0.25, 0.3) is 11.3 Å². The molecule has 3 aromatic rings. The monoisotopic (exact) mass is 557 g/mol. The highest BCUT2D eigenvalue weighted by Crippen LogP contribution is 2.38. The Bertz CT molecular complexity index is 1510. The zero-order valence-corrected chi connectivity index (χ0v) is 23.0. The van der Waals surface area contributed by atoms with Gasteiger partial charge < -0.3 is 25.5 Å². The molecular weight excluding hydrogens is 525 g/mol. The summed E-state index contributed by atoms with van der Waals surface area (Å²) in [6.07, 6.45) is -0.173. The first-order valence-electron chi connectivity index (χ1n) is 13.4. The molecule has 41 heavy (non-hydrogen) atoms. The number of nitrogens with zero attached hydrogens (tertiary/aromatic N) is 3. The average Bonchev–Trinajstić information content (AvgIpc) is 3.27. The first-order valence-corrected chi connectivity index (χ1v) is 13.4. The zero-order valence-electron chi connectivity index (χ0n) is 23.0. The second-order valence-corrected chi connectivity index (χ2v) is 10.4. The summed E-state index contributed by atoms with van der Waals surface area (Å²) in [6, 6.07) is 18.3. The Labute approximate surface area is 237 Å². The Balaban J connectivity index is 1.43. The number of hydrogen-bond donors (Lipinski definition) is 3. The number of carbonyl (C=O) groups is 3. The highest BCUT2D eigenvalue weighted by atomic mass is 19.1. The van der Waals surface area contributed by atoms with Crippen LogP contribution in [0.4, 0.5) is 21.5 Å². The van der Waals surface area contributed by atoms with Crippen molar-refractivity contribution < 1.29 is 23.9 Å². The standard InChI is InChI=1S/C31H32FN5O4/c1-35-12-14-37(15-13-35)19-27(38)36(2)24-9-7-23(8-10-24)33-30(21-5-3-4-20(16-21)17-28(39)40)29-25-11-6-22(32)18-26(25)34-31(29)41/h3-11,16,18,33H,12-15,17,19H2,1-2H3,(H,34,41)(H,39,40)/b30-29-. The molecule has 3 aromatic carbocycles. The van der Waals surface area contributed by atoms with Gasteiger partial charge in [-0.1, -0.05) is 18.2 Å². The summed E-state index contributed by atoms with van der Waals surface area (Å²) in [6.45, 7) is 3.93. The maximum absolute atomic E-state index is 13.9. The molecule has 0 bridgehead atoms. The molecule has 3 N–H and O–H groups in total. The van der Waals surface area contributed by atoms with Crippen LogP contribution in [0, 0.1) is 5.82 Å². The van der Waals surface area contributed by atoms with E-state index in [0.717, 1.165) is 31.9 Å². The average molecular weight is 558 g/mol. The van der Waals surface area contributed by atoms with Gasteiger partial charge >= 0.3 is 5.97 Å². The lowest BCUT2D eigenvalue weighted by Crippen LogP contribution is -2.48. The molecule has 212 valence electrons. The maximum atomic E-state index is 13.9. The van der Waals surface area contributed by atoms with Crippen molar-refractivity contribution in [2.45, 2.75) is 6.42 Å². The van der Waals surface area contributed by atoms with Gasteiger partial charge in [-0.05, 0) is 66.7 Å². The van der Waals surface area contributed by atoms with Gasteiger partial charge in [0.2, 0.25) is 5.91 Å². The summed E-state index contributed by atoms with van der Waals surface area (Å²) in [5.41, 5.74) is 4.23. The van der Waals surface area contributed by atoms with Crippen LogP contribution in [-0.2, 0) is 20.8 Å². The van der Waals surface area contributed by atoms with Crippen LogP contribution in [0.3, 0.4) is 0 Å². The molecule has 2 aliphatic rings. The van der Waals surface area contributed by atoms with E-state index in [1.165, 1.54) is 12.1 Å². The van der Waals surface area contributed by atoms with Crippen molar-refractivity contribution in [1.29, 1.82) is 0 Å². The van der Waals surface area contributed by atoms with Crippen LogP contribution in [0.1, 0.15) is 16.7 Å². The molecule has 2 heterocycles. The Hall–Kier alpha value is -4.54. The normalized spacial score (nSPS) is 16.6. The number of likely N-dealkylation sites (N-methyl/N-ethyl adjacent to an activating group) is 2. The van der Waals surface area contributed by atoms with Gasteiger partial charge in [0.25, 0.3) is 5.91 Å². The minimum absolute atomic E-state index is 0.000203. The third kappa shape index (κ3) is 6.45. The molecule has 1 saturated heterocycles. The van der Waals surface area contributed by atoms with E-state index in [4.69, 9.17) is 0 Å². The van der Waals surface area contributed by atoms with Gasteiger partial charge in [-0.15, -0.1) is 0 Å². The van der Waals surface area contributed by atoms with Crippen molar-refractivity contribution in [3.8, 4) is 0 Å². The molecule has 2 amide bonds. The van der Waals surface area contributed by atoms with Crippen LogP contribution in [-0.4, -0.2) is 79.5 Å². The number of piperazine rings is 1. The number of halogens is 1. The summed E-state index contributed by atoms with van der Waals surface area (Å²) in [4.78, 5) is 43.4. The Morgan fingerprint density at radius 2 is 1.76 bits per heavy atom. The van der Waals surface area contributed by atoms with Crippen LogP contribution in [0.15, 0.2) is 66.7 Å². The second-order valence-electron chi connectivity index (χ2n) is 10.4. The maximum Gasteiger partial charge on any atom is 0.307 e. The minimum Gasteiger partial charge on any atom is -0.481 e. The van der Waals surface area contributed by atoms with Crippen LogP contribution >= 0.6 is 0 Å². The number of rotatable bonds is 8. The van der Waals surface area contributed by atoms with Crippen LogP contribution < -0.4 is 15.5 Å². The number of anilines is 3. The number of carboxylic acids is 1. The van der Waals surface area contributed by atoms with Crippen LogP contribution in [0.2, 0.25) is 0 Å². The smallest absolute Gasteiger partial charge is 0.307 e. The number of carboxylic acid groups (broad SMARTS) is 1. The van der Waals surface area contributed by atoms with E-state index < -0.39 is 17.7 Å².